The summed E-state index contributed by atoms with van der Waals surface area (Å²) in [5.74, 6) is 0. The van der Waals surface area contributed by atoms with Gasteiger partial charge < -0.3 is 4.42 Å². The van der Waals surface area contributed by atoms with Gasteiger partial charge in [0.1, 0.15) is 5.58 Å². The van der Waals surface area contributed by atoms with Crippen LogP contribution in [0.1, 0.15) is 16.7 Å². The molecule has 3 aromatic carbocycles. The van der Waals surface area contributed by atoms with Crippen molar-refractivity contribution in [3.05, 3.63) is 93.8 Å². The van der Waals surface area contributed by atoms with Crippen LogP contribution >= 0.6 is 0 Å². The Kier molecular flexibility index (Phi) is 3.96. The fourth-order valence-electron chi connectivity index (χ4n) is 3.58. The zero-order chi connectivity index (χ0) is 18.3. The molecule has 4 aromatic rings. The third-order valence-electron chi connectivity index (χ3n) is 4.75. The molecule has 0 aliphatic heterocycles. The van der Waals surface area contributed by atoms with Gasteiger partial charge in [0.05, 0.1) is 5.56 Å². The molecule has 0 amide bonds. The summed E-state index contributed by atoms with van der Waals surface area (Å²) >= 11 is 0. The Morgan fingerprint density at radius 1 is 0.692 bits per heavy atom. The molecule has 1 aromatic heterocycles. The van der Waals surface area contributed by atoms with E-state index in [2.05, 4.69) is 44.2 Å². The van der Waals surface area contributed by atoms with E-state index < -0.39 is 0 Å². The highest BCUT2D eigenvalue weighted by Gasteiger charge is 2.19. The molecule has 1 heterocycles. The SMILES string of the molecule is Cc1ccc(-c2c(-c3ccccc3)c(=O)oc3cc(C)cc(C)c23)cc1. The second kappa shape index (κ2) is 6.30. The van der Waals surface area contributed by atoms with E-state index in [0.717, 1.165) is 33.2 Å². The molecule has 128 valence electrons. The van der Waals surface area contributed by atoms with Crippen LogP contribution < -0.4 is 5.63 Å². The van der Waals surface area contributed by atoms with Crippen molar-refractivity contribution in [1.29, 1.82) is 0 Å². The first kappa shape index (κ1) is 16.3. The van der Waals surface area contributed by atoms with E-state index in [1.54, 1.807) is 0 Å². The Labute approximate surface area is 152 Å². The molecule has 0 atom stereocenters. The van der Waals surface area contributed by atoms with Gasteiger partial charge in [-0.15, -0.1) is 0 Å². The Hall–Kier alpha value is -3.13. The number of hydrogen-bond acceptors (Lipinski definition) is 2. The van der Waals surface area contributed by atoms with Gasteiger partial charge in [-0.05, 0) is 49.1 Å². The average Bonchev–Trinajstić information content (AvgIpc) is 2.61. The summed E-state index contributed by atoms with van der Waals surface area (Å²) in [7, 11) is 0. The highest BCUT2D eigenvalue weighted by atomic mass is 16.4. The van der Waals surface area contributed by atoms with Gasteiger partial charge in [0.15, 0.2) is 0 Å². The molecule has 0 bridgehead atoms. The third kappa shape index (κ3) is 2.74. The van der Waals surface area contributed by atoms with Crippen molar-refractivity contribution in [3.63, 3.8) is 0 Å². The van der Waals surface area contributed by atoms with E-state index in [9.17, 15) is 4.79 Å². The van der Waals surface area contributed by atoms with Crippen molar-refractivity contribution in [1.82, 2.24) is 0 Å². The molecule has 0 aliphatic carbocycles. The second-order valence-electron chi connectivity index (χ2n) is 6.83. The lowest BCUT2D eigenvalue weighted by molar-refractivity contribution is 0.563. The molecule has 26 heavy (non-hydrogen) atoms. The Bertz CT molecular complexity index is 1150. The largest absolute Gasteiger partial charge is 0.422 e. The lowest BCUT2D eigenvalue weighted by Gasteiger charge is -2.15. The van der Waals surface area contributed by atoms with Crippen molar-refractivity contribution in [3.8, 4) is 22.3 Å². The van der Waals surface area contributed by atoms with Crippen LogP contribution in [0.4, 0.5) is 0 Å². The minimum atomic E-state index is -0.302. The average molecular weight is 340 g/mol. The Morgan fingerprint density at radius 2 is 1.35 bits per heavy atom. The summed E-state index contributed by atoms with van der Waals surface area (Å²) < 4.78 is 5.74. The number of rotatable bonds is 2. The van der Waals surface area contributed by atoms with Crippen molar-refractivity contribution in [2.24, 2.45) is 0 Å². The first-order valence-corrected chi connectivity index (χ1v) is 8.75. The lowest BCUT2D eigenvalue weighted by atomic mass is 9.90. The van der Waals surface area contributed by atoms with Crippen molar-refractivity contribution in [2.45, 2.75) is 20.8 Å². The monoisotopic (exact) mass is 340 g/mol. The van der Waals surface area contributed by atoms with Gasteiger partial charge in [-0.3, -0.25) is 0 Å². The third-order valence-corrected chi connectivity index (χ3v) is 4.75. The van der Waals surface area contributed by atoms with Gasteiger partial charge in [0, 0.05) is 10.9 Å². The minimum absolute atomic E-state index is 0.302. The predicted octanol–water partition coefficient (Wildman–Crippen LogP) is 6.05. The summed E-state index contributed by atoms with van der Waals surface area (Å²) in [6, 6.07) is 22.1. The zero-order valence-electron chi connectivity index (χ0n) is 15.2. The number of benzene rings is 3. The molecule has 0 radical (unpaired) electrons. The molecule has 0 fully saturated rings. The van der Waals surface area contributed by atoms with Gasteiger partial charge in [0.2, 0.25) is 0 Å². The second-order valence-corrected chi connectivity index (χ2v) is 6.83. The molecule has 2 nitrogen and oxygen atoms in total. The Balaban J connectivity index is 2.20. The van der Waals surface area contributed by atoms with Crippen molar-refractivity contribution < 1.29 is 4.42 Å². The summed E-state index contributed by atoms with van der Waals surface area (Å²) in [6.45, 7) is 6.15. The fourth-order valence-corrected chi connectivity index (χ4v) is 3.58. The Morgan fingerprint density at radius 3 is 2.04 bits per heavy atom. The molecule has 0 unspecified atom stereocenters. The molecular formula is C24H20O2. The molecule has 0 saturated carbocycles. The summed E-state index contributed by atoms with van der Waals surface area (Å²) in [4.78, 5) is 13.0. The predicted molar refractivity (Wildman–Crippen MR) is 108 cm³/mol. The fraction of sp³-hybridized carbons (Fsp3) is 0.125. The first-order valence-electron chi connectivity index (χ1n) is 8.75. The smallest absolute Gasteiger partial charge is 0.344 e. The van der Waals surface area contributed by atoms with Crippen LogP contribution in [-0.4, -0.2) is 0 Å². The standard InChI is InChI=1S/C24H20O2/c1-15-9-11-19(12-10-15)22-21-17(3)13-16(2)14-20(21)26-24(25)23(22)18-7-5-4-6-8-18/h4-14H,1-3H3. The maximum atomic E-state index is 13.0. The summed E-state index contributed by atoms with van der Waals surface area (Å²) in [5, 5.41) is 0.998. The van der Waals surface area contributed by atoms with Gasteiger partial charge in [-0.1, -0.05) is 66.2 Å². The van der Waals surface area contributed by atoms with Crippen LogP contribution in [0, 0.1) is 20.8 Å². The molecule has 0 N–H and O–H groups in total. The van der Waals surface area contributed by atoms with Crippen LogP contribution in [0.2, 0.25) is 0 Å². The zero-order valence-corrected chi connectivity index (χ0v) is 15.2. The highest BCUT2D eigenvalue weighted by Crippen LogP contribution is 2.37. The van der Waals surface area contributed by atoms with E-state index in [1.807, 2.05) is 43.3 Å². The van der Waals surface area contributed by atoms with Crippen LogP contribution in [0.25, 0.3) is 33.2 Å². The number of fused-ring (bicyclic) bond motifs is 1. The van der Waals surface area contributed by atoms with Crippen molar-refractivity contribution in [2.75, 3.05) is 0 Å². The van der Waals surface area contributed by atoms with Crippen molar-refractivity contribution >= 4 is 11.0 Å². The van der Waals surface area contributed by atoms with Gasteiger partial charge in [0.25, 0.3) is 0 Å². The molecule has 0 aliphatic rings. The quantitative estimate of drug-likeness (QED) is 0.416. The van der Waals surface area contributed by atoms with Crippen LogP contribution in [-0.2, 0) is 0 Å². The number of hydrogen-bond donors (Lipinski definition) is 0. The number of aryl methyl sites for hydroxylation is 3. The summed E-state index contributed by atoms with van der Waals surface area (Å²) in [6.07, 6.45) is 0. The van der Waals surface area contributed by atoms with Crippen LogP contribution in [0.5, 0.6) is 0 Å². The van der Waals surface area contributed by atoms with E-state index in [0.29, 0.717) is 11.1 Å². The molecular weight excluding hydrogens is 320 g/mol. The maximum Gasteiger partial charge on any atom is 0.344 e. The lowest BCUT2D eigenvalue weighted by Crippen LogP contribution is -2.07. The van der Waals surface area contributed by atoms with Gasteiger partial charge >= 0.3 is 5.63 Å². The summed E-state index contributed by atoms with van der Waals surface area (Å²) in [5.41, 5.74) is 7.19. The van der Waals surface area contributed by atoms with E-state index in [-0.39, 0.29) is 5.63 Å². The van der Waals surface area contributed by atoms with E-state index in [4.69, 9.17) is 4.42 Å². The van der Waals surface area contributed by atoms with Gasteiger partial charge in [-0.25, -0.2) is 4.79 Å². The van der Waals surface area contributed by atoms with Crippen LogP contribution in [0.15, 0.2) is 75.9 Å². The topological polar surface area (TPSA) is 30.2 Å². The first-order chi connectivity index (χ1) is 12.5. The highest BCUT2D eigenvalue weighted by molar-refractivity contribution is 6.03. The van der Waals surface area contributed by atoms with E-state index >= 15 is 0 Å². The molecule has 0 spiro atoms. The van der Waals surface area contributed by atoms with E-state index in [1.165, 1.54) is 5.56 Å². The molecule has 2 heteroatoms. The molecule has 4 rings (SSSR count). The molecule has 0 saturated heterocycles. The van der Waals surface area contributed by atoms with Crippen LogP contribution in [0.3, 0.4) is 0 Å². The van der Waals surface area contributed by atoms with Gasteiger partial charge in [-0.2, -0.15) is 0 Å². The maximum absolute atomic E-state index is 13.0. The normalized spacial score (nSPS) is 11.0. The minimum Gasteiger partial charge on any atom is -0.422 e.